The minimum absolute atomic E-state index is 0.203. The van der Waals surface area contributed by atoms with E-state index in [1.807, 2.05) is 37.2 Å². The Bertz CT molecular complexity index is 898. The predicted octanol–water partition coefficient (Wildman–Crippen LogP) is 2.98. The summed E-state index contributed by atoms with van der Waals surface area (Å²) in [6.45, 7) is 1.26. The van der Waals surface area contributed by atoms with Gasteiger partial charge in [0.1, 0.15) is 5.58 Å². The number of furan rings is 1. The summed E-state index contributed by atoms with van der Waals surface area (Å²) in [6.07, 6.45) is 0. The Morgan fingerprint density at radius 2 is 1.73 bits per heavy atom. The lowest BCUT2D eigenvalue weighted by molar-refractivity contribution is 0.0952. The standard InChI is InChI=1S/C20H21N3O3/c1-23(2)12-11-21-19(24)15-8-4-5-9-16(15)22-20(25)18-13-14-7-3-6-10-17(14)26-18/h3-10,13H,11-12H2,1-2H3,(H,21,24)(H,22,25). The molecule has 2 amide bonds. The number of carbonyl (C=O) groups excluding carboxylic acids is 2. The topological polar surface area (TPSA) is 74.6 Å². The Kier molecular flexibility index (Phi) is 5.34. The molecule has 0 bridgehead atoms. The van der Waals surface area contributed by atoms with Crippen LogP contribution in [0.3, 0.4) is 0 Å². The quantitative estimate of drug-likeness (QED) is 0.716. The third-order valence-corrected chi connectivity index (χ3v) is 3.91. The maximum Gasteiger partial charge on any atom is 0.291 e. The first kappa shape index (κ1) is 17.7. The SMILES string of the molecule is CN(C)CCNC(=O)c1ccccc1NC(=O)c1cc2ccccc2o1. The van der Waals surface area contributed by atoms with Gasteiger partial charge in [0.05, 0.1) is 11.3 Å². The molecule has 0 atom stereocenters. The lowest BCUT2D eigenvalue weighted by Crippen LogP contribution is -2.32. The number of amides is 2. The average molecular weight is 351 g/mol. The Morgan fingerprint density at radius 3 is 2.50 bits per heavy atom. The summed E-state index contributed by atoms with van der Waals surface area (Å²) in [5.41, 5.74) is 1.50. The molecule has 3 rings (SSSR count). The molecule has 26 heavy (non-hydrogen) atoms. The minimum Gasteiger partial charge on any atom is -0.451 e. The van der Waals surface area contributed by atoms with E-state index in [4.69, 9.17) is 4.42 Å². The van der Waals surface area contributed by atoms with Crippen LogP contribution in [0.2, 0.25) is 0 Å². The molecule has 0 aliphatic carbocycles. The number of nitrogens with one attached hydrogen (secondary N) is 2. The number of para-hydroxylation sites is 2. The number of rotatable bonds is 6. The molecule has 0 unspecified atom stereocenters. The van der Waals surface area contributed by atoms with Gasteiger partial charge in [0.25, 0.3) is 11.8 Å². The molecule has 0 radical (unpaired) electrons. The summed E-state index contributed by atoms with van der Waals surface area (Å²) < 4.78 is 5.58. The molecule has 6 nitrogen and oxygen atoms in total. The van der Waals surface area contributed by atoms with Crippen molar-refractivity contribution in [3.05, 3.63) is 65.9 Å². The van der Waals surface area contributed by atoms with Crippen LogP contribution in [0.15, 0.2) is 59.0 Å². The molecule has 1 aromatic heterocycles. The van der Waals surface area contributed by atoms with Gasteiger partial charge in [0.2, 0.25) is 0 Å². The van der Waals surface area contributed by atoms with Crippen molar-refractivity contribution in [3.8, 4) is 0 Å². The average Bonchev–Trinajstić information content (AvgIpc) is 3.06. The maximum atomic E-state index is 12.5. The number of nitrogens with zero attached hydrogens (tertiary/aromatic N) is 1. The molecule has 0 fully saturated rings. The minimum atomic E-state index is -0.394. The highest BCUT2D eigenvalue weighted by Crippen LogP contribution is 2.21. The monoisotopic (exact) mass is 351 g/mol. The van der Waals surface area contributed by atoms with Gasteiger partial charge < -0.3 is 20.0 Å². The zero-order chi connectivity index (χ0) is 18.5. The second kappa shape index (κ2) is 7.84. The van der Waals surface area contributed by atoms with E-state index < -0.39 is 5.91 Å². The predicted molar refractivity (Wildman–Crippen MR) is 101 cm³/mol. The lowest BCUT2D eigenvalue weighted by Gasteiger charge is -2.13. The molecular formula is C20H21N3O3. The van der Waals surface area contributed by atoms with Crippen molar-refractivity contribution in [1.29, 1.82) is 0 Å². The van der Waals surface area contributed by atoms with Gasteiger partial charge >= 0.3 is 0 Å². The molecule has 0 saturated carbocycles. The van der Waals surface area contributed by atoms with E-state index in [1.165, 1.54) is 0 Å². The fraction of sp³-hybridized carbons (Fsp3) is 0.200. The van der Waals surface area contributed by atoms with Crippen LogP contribution in [0.5, 0.6) is 0 Å². The third kappa shape index (κ3) is 4.10. The first-order valence-electron chi connectivity index (χ1n) is 8.36. The van der Waals surface area contributed by atoms with Crippen molar-refractivity contribution in [2.24, 2.45) is 0 Å². The van der Waals surface area contributed by atoms with Gasteiger partial charge in [-0.1, -0.05) is 30.3 Å². The van der Waals surface area contributed by atoms with Crippen molar-refractivity contribution < 1.29 is 14.0 Å². The van der Waals surface area contributed by atoms with Crippen LogP contribution in [-0.4, -0.2) is 43.9 Å². The van der Waals surface area contributed by atoms with E-state index in [0.29, 0.717) is 23.4 Å². The second-order valence-electron chi connectivity index (χ2n) is 6.21. The highest BCUT2D eigenvalue weighted by Gasteiger charge is 2.16. The molecule has 0 aliphatic heterocycles. The van der Waals surface area contributed by atoms with Crippen molar-refractivity contribution in [2.45, 2.75) is 0 Å². The van der Waals surface area contributed by atoms with Crippen molar-refractivity contribution in [3.63, 3.8) is 0 Å². The fourth-order valence-electron chi connectivity index (χ4n) is 2.56. The Labute approximate surface area is 151 Å². The molecule has 6 heteroatoms. The van der Waals surface area contributed by atoms with Crippen molar-refractivity contribution >= 4 is 28.5 Å². The molecule has 0 aliphatic rings. The molecule has 1 heterocycles. The van der Waals surface area contributed by atoms with Crippen molar-refractivity contribution in [1.82, 2.24) is 10.2 Å². The summed E-state index contributed by atoms with van der Waals surface area (Å²) in [4.78, 5) is 26.9. The normalized spacial score (nSPS) is 10.9. The third-order valence-electron chi connectivity index (χ3n) is 3.91. The number of carbonyl (C=O) groups is 2. The number of benzene rings is 2. The van der Waals surface area contributed by atoms with E-state index in [9.17, 15) is 9.59 Å². The Balaban J connectivity index is 1.75. The van der Waals surface area contributed by atoms with Gasteiger partial charge in [-0.05, 0) is 38.4 Å². The Hall–Kier alpha value is -3.12. The number of likely N-dealkylation sites (N-methyl/N-ethyl adjacent to an activating group) is 1. The number of hydrogen-bond donors (Lipinski definition) is 2. The number of hydrogen-bond acceptors (Lipinski definition) is 4. The maximum absolute atomic E-state index is 12.5. The molecule has 0 spiro atoms. The molecule has 134 valence electrons. The van der Waals surface area contributed by atoms with Crippen LogP contribution in [-0.2, 0) is 0 Å². The fourth-order valence-corrected chi connectivity index (χ4v) is 2.56. The summed E-state index contributed by atoms with van der Waals surface area (Å²) in [7, 11) is 3.88. The zero-order valence-corrected chi connectivity index (χ0v) is 14.8. The van der Waals surface area contributed by atoms with E-state index in [-0.39, 0.29) is 11.7 Å². The van der Waals surface area contributed by atoms with Gasteiger partial charge in [-0.25, -0.2) is 0 Å². The van der Waals surface area contributed by atoms with E-state index >= 15 is 0 Å². The molecule has 2 N–H and O–H groups in total. The van der Waals surface area contributed by atoms with E-state index in [1.54, 1.807) is 36.4 Å². The lowest BCUT2D eigenvalue weighted by atomic mass is 10.1. The second-order valence-corrected chi connectivity index (χ2v) is 6.21. The largest absolute Gasteiger partial charge is 0.451 e. The molecule has 2 aromatic carbocycles. The van der Waals surface area contributed by atoms with Gasteiger partial charge in [0, 0.05) is 18.5 Å². The van der Waals surface area contributed by atoms with Crippen LogP contribution in [0.25, 0.3) is 11.0 Å². The number of fused-ring (bicyclic) bond motifs is 1. The first-order valence-corrected chi connectivity index (χ1v) is 8.36. The van der Waals surface area contributed by atoms with E-state index in [0.717, 1.165) is 11.9 Å². The van der Waals surface area contributed by atoms with Gasteiger partial charge in [-0.3, -0.25) is 9.59 Å². The summed E-state index contributed by atoms with van der Waals surface area (Å²) in [6, 6.07) is 16.0. The Morgan fingerprint density at radius 1 is 1.00 bits per heavy atom. The van der Waals surface area contributed by atoms with Crippen LogP contribution >= 0.6 is 0 Å². The zero-order valence-electron chi connectivity index (χ0n) is 14.8. The van der Waals surface area contributed by atoms with Crippen LogP contribution < -0.4 is 10.6 Å². The summed E-state index contributed by atoms with van der Waals surface area (Å²) in [5.74, 6) is -0.420. The van der Waals surface area contributed by atoms with Crippen LogP contribution in [0.1, 0.15) is 20.9 Å². The molecular weight excluding hydrogens is 330 g/mol. The van der Waals surface area contributed by atoms with Gasteiger partial charge in [0.15, 0.2) is 5.76 Å². The smallest absolute Gasteiger partial charge is 0.291 e. The highest BCUT2D eigenvalue weighted by molar-refractivity contribution is 6.09. The molecule has 3 aromatic rings. The highest BCUT2D eigenvalue weighted by atomic mass is 16.3. The molecule has 0 saturated heterocycles. The van der Waals surface area contributed by atoms with E-state index in [2.05, 4.69) is 10.6 Å². The first-order chi connectivity index (χ1) is 12.5. The van der Waals surface area contributed by atoms with Gasteiger partial charge in [-0.2, -0.15) is 0 Å². The van der Waals surface area contributed by atoms with Gasteiger partial charge in [-0.15, -0.1) is 0 Å². The van der Waals surface area contributed by atoms with Crippen LogP contribution in [0.4, 0.5) is 5.69 Å². The summed E-state index contributed by atoms with van der Waals surface area (Å²) >= 11 is 0. The van der Waals surface area contributed by atoms with Crippen LogP contribution in [0, 0.1) is 0 Å². The van der Waals surface area contributed by atoms with Crippen molar-refractivity contribution in [2.75, 3.05) is 32.5 Å². The summed E-state index contributed by atoms with van der Waals surface area (Å²) in [5, 5.41) is 6.47. The number of anilines is 1.